The predicted octanol–water partition coefficient (Wildman–Crippen LogP) is 2.55. The van der Waals surface area contributed by atoms with Crippen LogP contribution < -0.4 is 0 Å². The van der Waals surface area contributed by atoms with Crippen LogP contribution in [0.1, 0.15) is 29.6 Å². The molecule has 20 heavy (non-hydrogen) atoms. The molecule has 1 aromatic heterocycles. The van der Waals surface area contributed by atoms with E-state index >= 15 is 0 Å². The third-order valence-corrected chi connectivity index (χ3v) is 4.18. The number of aromatic nitrogens is 2. The van der Waals surface area contributed by atoms with Gasteiger partial charge in [0, 0.05) is 20.3 Å². The Hall–Kier alpha value is -1.88. The molecule has 0 atom stereocenters. The van der Waals surface area contributed by atoms with Crippen LogP contribution in [0.15, 0.2) is 24.5 Å². The number of rotatable bonds is 6. The Bertz CT molecular complexity index is 644. The van der Waals surface area contributed by atoms with Crippen LogP contribution in [0.25, 0.3) is 11.0 Å². The van der Waals surface area contributed by atoms with E-state index in [2.05, 4.69) is 9.55 Å². The van der Waals surface area contributed by atoms with Crippen molar-refractivity contribution in [1.29, 1.82) is 0 Å². The van der Waals surface area contributed by atoms with Gasteiger partial charge in [0.05, 0.1) is 17.4 Å². The molecule has 1 heterocycles. The first-order chi connectivity index (χ1) is 9.65. The molecule has 0 spiro atoms. The van der Waals surface area contributed by atoms with Crippen molar-refractivity contribution < 1.29 is 14.6 Å². The molecule has 1 aliphatic carbocycles. The number of carboxylic acids is 1. The first kappa shape index (κ1) is 13.1. The topological polar surface area (TPSA) is 64.4 Å². The number of carbonyl (C=O) groups is 1. The summed E-state index contributed by atoms with van der Waals surface area (Å²) in [5, 5.41) is 9.19. The summed E-state index contributed by atoms with van der Waals surface area (Å²) in [5.74, 6) is -0.929. The minimum absolute atomic E-state index is 0.267. The zero-order chi connectivity index (χ0) is 14.2. The number of benzene rings is 1. The largest absolute Gasteiger partial charge is 0.478 e. The second kappa shape index (κ2) is 4.90. The van der Waals surface area contributed by atoms with Gasteiger partial charge in [0.25, 0.3) is 0 Å². The van der Waals surface area contributed by atoms with Crippen LogP contribution >= 0.6 is 0 Å². The maximum atomic E-state index is 11.2. The molecule has 5 heteroatoms. The summed E-state index contributed by atoms with van der Waals surface area (Å²) >= 11 is 0. The standard InChI is InChI=1S/C15H18N2O3/c1-20-8-7-15(5-6-15)9-17-10-16-13-11(14(18)19)3-2-4-12(13)17/h2-4,10H,5-9H2,1H3,(H,18,19). The van der Waals surface area contributed by atoms with Crippen molar-refractivity contribution in [1.82, 2.24) is 9.55 Å². The average Bonchev–Trinajstić information content (AvgIpc) is 3.09. The molecule has 1 N–H and O–H groups in total. The van der Waals surface area contributed by atoms with Crippen LogP contribution in [-0.2, 0) is 11.3 Å². The number of aromatic carboxylic acids is 1. The van der Waals surface area contributed by atoms with Gasteiger partial charge in [0.1, 0.15) is 5.52 Å². The Balaban J connectivity index is 1.90. The van der Waals surface area contributed by atoms with Crippen LogP contribution in [-0.4, -0.2) is 34.3 Å². The van der Waals surface area contributed by atoms with Crippen molar-refractivity contribution in [3.63, 3.8) is 0 Å². The highest BCUT2D eigenvalue weighted by Gasteiger charge is 2.42. The van der Waals surface area contributed by atoms with Crippen molar-refractivity contribution in [3.8, 4) is 0 Å². The van der Waals surface area contributed by atoms with Gasteiger partial charge in [0.15, 0.2) is 0 Å². The van der Waals surface area contributed by atoms with E-state index < -0.39 is 5.97 Å². The summed E-state index contributed by atoms with van der Waals surface area (Å²) in [5.41, 5.74) is 2.04. The number of para-hydroxylation sites is 1. The van der Waals surface area contributed by atoms with Gasteiger partial charge in [-0.15, -0.1) is 0 Å². The molecule has 1 aliphatic rings. The molecule has 2 aromatic rings. The van der Waals surface area contributed by atoms with Gasteiger partial charge in [-0.3, -0.25) is 0 Å². The number of imidazole rings is 1. The molecule has 0 bridgehead atoms. The van der Waals surface area contributed by atoms with E-state index in [9.17, 15) is 9.90 Å². The second-order valence-corrected chi connectivity index (χ2v) is 5.59. The van der Waals surface area contributed by atoms with Crippen LogP contribution in [0.3, 0.4) is 0 Å². The van der Waals surface area contributed by atoms with E-state index in [0.29, 0.717) is 10.9 Å². The highest BCUT2D eigenvalue weighted by molar-refractivity contribution is 6.00. The van der Waals surface area contributed by atoms with E-state index in [1.165, 1.54) is 12.8 Å². The van der Waals surface area contributed by atoms with E-state index in [1.54, 1.807) is 25.6 Å². The Morgan fingerprint density at radius 3 is 2.95 bits per heavy atom. The Morgan fingerprint density at radius 2 is 2.30 bits per heavy atom. The summed E-state index contributed by atoms with van der Waals surface area (Å²) in [4.78, 5) is 15.5. The van der Waals surface area contributed by atoms with Crippen LogP contribution in [0.2, 0.25) is 0 Å². The number of ether oxygens (including phenoxy) is 1. The van der Waals surface area contributed by atoms with Gasteiger partial charge < -0.3 is 14.4 Å². The normalized spacial score (nSPS) is 16.4. The summed E-state index contributed by atoms with van der Waals surface area (Å²) in [7, 11) is 1.72. The number of methoxy groups -OCH3 is 1. The Labute approximate surface area is 117 Å². The number of nitrogens with zero attached hydrogens (tertiary/aromatic N) is 2. The van der Waals surface area contributed by atoms with Crippen LogP contribution in [0.4, 0.5) is 0 Å². The highest BCUT2D eigenvalue weighted by atomic mass is 16.5. The van der Waals surface area contributed by atoms with Crippen LogP contribution in [0.5, 0.6) is 0 Å². The van der Waals surface area contributed by atoms with Gasteiger partial charge in [-0.2, -0.15) is 0 Å². The van der Waals surface area contributed by atoms with Gasteiger partial charge in [0.2, 0.25) is 0 Å². The maximum absolute atomic E-state index is 11.2. The molecular weight excluding hydrogens is 256 g/mol. The molecule has 0 amide bonds. The lowest BCUT2D eigenvalue weighted by Crippen LogP contribution is -2.13. The van der Waals surface area contributed by atoms with E-state index in [1.807, 2.05) is 6.07 Å². The zero-order valence-electron chi connectivity index (χ0n) is 11.5. The molecule has 0 radical (unpaired) electrons. The lowest BCUT2D eigenvalue weighted by atomic mass is 10.0. The van der Waals surface area contributed by atoms with Crippen molar-refractivity contribution in [2.75, 3.05) is 13.7 Å². The molecule has 3 rings (SSSR count). The third kappa shape index (κ3) is 2.29. The average molecular weight is 274 g/mol. The fraction of sp³-hybridized carbons (Fsp3) is 0.467. The predicted molar refractivity (Wildman–Crippen MR) is 74.9 cm³/mol. The fourth-order valence-electron chi connectivity index (χ4n) is 2.73. The molecule has 1 saturated carbocycles. The van der Waals surface area contributed by atoms with E-state index in [4.69, 9.17) is 4.74 Å². The third-order valence-electron chi connectivity index (χ3n) is 4.18. The van der Waals surface area contributed by atoms with Gasteiger partial charge in [-0.25, -0.2) is 9.78 Å². The first-order valence-corrected chi connectivity index (χ1v) is 6.81. The first-order valence-electron chi connectivity index (χ1n) is 6.81. The Kier molecular flexibility index (Phi) is 3.22. The number of hydrogen-bond acceptors (Lipinski definition) is 3. The minimum atomic E-state index is -0.929. The molecular formula is C15H18N2O3. The van der Waals surface area contributed by atoms with E-state index in [-0.39, 0.29) is 5.56 Å². The minimum Gasteiger partial charge on any atom is -0.478 e. The molecule has 5 nitrogen and oxygen atoms in total. The van der Waals surface area contributed by atoms with Crippen LogP contribution in [0, 0.1) is 5.41 Å². The smallest absolute Gasteiger partial charge is 0.337 e. The van der Waals surface area contributed by atoms with Gasteiger partial charge in [-0.05, 0) is 36.8 Å². The summed E-state index contributed by atoms with van der Waals surface area (Å²) < 4.78 is 7.25. The van der Waals surface area contributed by atoms with Gasteiger partial charge in [-0.1, -0.05) is 6.07 Å². The number of hydrogen-bond donors (Lipinski definition) is 1. The molecule has 1 fully saturated rings. The quantitative estimate of drug-likeness (QED) is 0.879. The Morgan fingerprint density at radius 1 is 1.50 bits per heavy atom. The zero-order valence-corrected chi connectivity index (χ0v) is 11.5. The monoisotopic (exact) mass is 274 g/mol. The van der Waals surface area contributed by atoms with Crippen molar-refractivity contribution in [3.05, 3.63) is 30.1 Å². The number of carboxylic acid groups (broad SMARTS) is 1. The fourth-order valence-corrected chi connectivity index (χ4v) is 2.73. The summed E-state index contributed by atoms with van der Waals surface area (Å²) in [6.45, 7) is 1.66. The lowest BCUT2D eigenvalue weighted by molar-refractivity contribution is 0.0699. The second-order valence-electron chi connectivity index (χ2n) is 5.59. The van der Waals surface area contributed by atoms with Crippen molar-refractivity contribution >= 4 is 17.0 Å². The van der Waals surface area contributed by atoms with Crippen molar-refractivity contribution in [2.45, 2.75) is 25.8 Å². The highest BCUT2D eigenvalue weighted by Crippen LogP contribution is 2.50. The van der Waals surface area contributed by atoms with Gasteiger partial charge >= 0.3 is 5.97 Å². The summed E-state index contributed by atoms with van der Waals surface area (Å²) in [6, 6.07) is 5.31. The SMILES string of the molecule is COCCC1(Cn2cnc3c(C(=O)O)cccc32)CC1. The van der Waals surface area contributed by atoms with Crippen molar-refractivity contribution in [2.24, 2.45) is 5.41 Å². The molecule has 1 aromatic carbocycles. The summed E-state index contributed by atoms with van der Waals surface area (Å²) in [6.07, 6.45) is 5.20. The molecule has 0 saturated heterocycles. The number of fused-ring (bicyclic) bond motifs is 1. The molecule has 106 valence electrons. The lowest BCUT2D eigenvalue weighted by Gasteiger charge is -2.15. The maximum Gasteiger partial charge on any atom is 0.337 e. The molecule has 0 unspecified atom stereocenters. The molecule has 0 aliphatic heterocycles. The van der Waals surface area contributed by atoms with E-state index in [0.717, 1.165) is 25.1 Å².